The molecule has 14 unspecified atom stereocenters. The van der Waals surface area contributed by atoms with Crippen molar-refractivity contribution in [1.82, 2.24) is 0 Å². The third kappa shape index (κ3) is 5.79. The Morgan fingerprint density at radius 2 is 1.22 bits per heavy atom. The van der Waals surface area contributed by atoms with E-state index in [-0.39, 0.29) is 17.8 Å². The smallest absolute Gasteiger partial charge is 0.161 e. The fourth-order valence-corrected chi connectivity index (χ4v) is 18.3. The van der Waals surface area contributed by atoms with Crippen molar-refractivity contribution in [3.63, 3.8) is 0 Å². The standard InChI is InChI=1S/C13H17NO.C13H21N.C13H16O.C8H10O.C5H6.ClH/c15-14-12-9-2-4-11(6-9)13(12)7-8-1-3-10(13)5-8;2*14-12-9-2-4-11(6-9)13(12)7-8-1-3-10(13)5-8;1-5-6-2-3-7(4-6)8(5)9;1-2-4-5-3-1;/h1,3,8-11,15H,2,4-7H2;8-12H,1-7,14H2;1,3,8-11H,2,4-7H2;6-7H,1-4H2;1-4H,5H2;1H/b14-12-;;;;;/t8?,9?,10?,11-,13?;8?,9?,10?,11-,12+,13?;8?,9?,10?,11-,13?;;;/m000.../s1. The number of allylic oxidation sites excluding steroid dienone is 9. The Hall–Kier alpha value is -2.24. The lowest BCUT2D eigenvalue weighted by Gasteiger charge is -2.46. The summed E-state index contributed by atoms with van der Waals surface area (Å²) in [7, 11) is 0. The maximum absolute atomic E-state index is 12.3. The molecule has 314 valence electrons. The first-order chi connectivity index (χ1) is 27.7. The Morgan fingerprint density at radius 3 is 1.69 bits per heavy atom. The molecule has 14 bridgehead atoms. The number of carbonyl (C=O) groups excluding carboxylic acids is 2. The molecule has 0 aromatic rings. The zero-order chi connectivity index (χ0) is 38.7. The Bertz CT molecular complexity index is 1790. The number of carbonyl (C=O) groups is 2. The summed E-state index contributed by atoms with van der Waals surface area (Å²) in [6, 6.07) is 0.594. The molecule has 15 rings (SSSR count). The minimum absolute atomic E-state index is 0. The van der Waals surface area contributed by atoms with E-state index in [0.717, 1.165) is 72.2 Å². The summed E-state index contributed by atoms with van der Waals surface area (Å²) in [5.74, 6) is 11.6. The van der Waals surface area contributed by atoms with Gasteiger partial charge in [0.2, 0.25) is 0 Å². The number of nitrogens with zero attached hydrogens (tertiary/aromatic N) is 1. The van der Waals surface area contributed by atoms with Crippen LogP contribution in [-0.2, 0) is 9.59 Å². The lowest BCUT2D eigenvalue weighted by Crippen LogP contribution is -2.49. The number of halogens is 1. The predicted molar refractivity (Wildman–Crippen MR) is 233 cm³/mol. The average Bonchev–Trinajstić information content (AvgIpc) is 4.06. The highest BCUT2D eigenvalue weighted by molar-refractivity contribution is 6.00. The van der Waals surface area contributed by atoms with Crippen LogP contribution in [-0.4, -0.2) is 28.5 Å². The third-order valence-electron chi connectivity index (χ3n) is 20.6. The number of oxime groups is 1. The molecule has 0 saturated heterocycles. The number of nitrogens with two attached hydrogens (primary N) is 1. The van der Waals surface area contributed by atoms with E-state index in [0.29, 0.717) is 63.9 Å². The van der Waals surface area contributed by atoms with Crippen molar-refractivity contribution in [2.24, 2.45) is 110 Å². The minimum Gasteiger partial charge on any atom is -0.411 e. The van der Waals surface area contributed by atoms with Gasteiger partial charge in [-0.3, -0.25) is 9.59 Å². The maximum Gasteiger partial charge on any atom is 0.161 e. The fourth-order valence-electron chi connectivity index (χ4n) is 18.3. The van der Waals surface area contributed by atoms with Crippen molar-refractivity contribution < 1.29 is 14.8 Å². The van der Waals surface area contributed by atoms with Crippen LogP contribution >= 0.6 is 12.4 Å². The Balaban J connectivity index is 0.0000000907. The van der Waals surface area contributed by atoms with Gasteiger partial charge in [-0.15, -0.1) is 12.4 Å². The summed E-state index contributed by atoms with van der Waals surface area (Å²) in [6.07, 6.45) is 45.8. The molecule has 12 fully saturated rings. The minimum atomic E-state index is 0. The first-order valence-electron chi connectivity index (χ1n) is 24.2. The molecule has 6 heteroatoms. The second-order valence-corrected chi connectivity index (χ2v) is 22.4. The van der Waals surface area contributed by atoms with E-state index in [1.807, 2.05) is 0 Å². The van der Waals surface area contributed by atoms with Gasteiger partial charge in [0.05, 0.1) is 5.71 Å². The molecule has 5 nitrogen and oxygen atoms in total. The molecule has 15 aliphatic carbocycles. The van der Waals surface area contributed by atoms with Crippen molar-refractivity contribution in [1.29, 1.82) is 0 Å². The molecule has 0 amide bonds. The highest BCUT2D eigenvalue weighted by atomic mass is 35.5. The van der Waals surface area contributed by atoms with Crippen molar-refractivity contribution in [3.05, 3.63) is 60.8 Å². The number of Topliss-reactive ketones (excluding diaryl/α,β-unsaturated/α-hetero) is 2. The van der Waals surface area contributed by atoms with Crippen LogP contribution in [0.4, 0.5) is 0 Å². The molecular weight excluding hydrogens is 736 g/mol. The molecule has 12 saturated carbocycles. The van der Waals surface area contributed by atoms with Gasteiger partial charge >= 0.3 is 0 Å². The molecule has 0 aliphatic heterocycles. The third-order valence-corrected chi connectivity index (χ3v) is 20.6. The largest absolute Gasteiger partial charge is 0.411 e. The zero-order valence-electron chi connectivity index (χ0n) is 35.0. The SMILES string of the molecule is C1=CCC=C1.C=C1C(=O)C2CCC1C2.Cl.N[C@@H]1C2CC[C@@H](C2)C12CC1CCC2C1.O/N=C1/C2CC[C@@H](C2)C12CC1C=CC2C1.O=C1C2CC[C@@H](C2)C12CC1C=CC2C1. The maximum atomic E-state index is 12.3. The normalized spacial score (nSPS) is 52.3. The van der Waals surface area contributed by atoms with Crippen molar-refractivity contribution in [2.75, 3.05) is 0 Å². The predicted octanol–water partition coefficient (Wildman–Crippen LogP) is 11.4. The van der Waals surface area contributed by atoms with E-state index >= 15 is 0 Å². The molecule has 58 heavy (non-hydrogen) atoms. The first-order valence-corrected chi connectivity index (χ1v) is 24.2. The molecule has 0 radical (unpaired) electrons. The van der Waals surface area contributed by atoms with Gasteiger partial charge in [0.1, 0.15) is 5.78 Å². The van der Waals surface area contributed by atoms with Crippen LogP contribution in [0, 0.1) is 99.1 Å². The van der Waals surface area contributed by atoms with Crippen molar-refractivity contribution >= 4 is 29.7 Å². The molecule has 15 aliphatic rings. The summed E-state index contributed by atoms with van der Waals surface area (Å²) < 4.78 is 0. The van der Waals surface area contributed by atoms with Crippen LogP contribution in [0.1, 0.15) is 135 Å². The lowest BCUT2D eigenvalue weighted by atomic mass is 9.61. The summed E-state index contributed by atoms with van der Waals surface area (Å²) in [6.45, 7) is 3.77. The van der Waals surface area contributed by atoms with Crippen LogP contribution in [0.5, 0.6) is 0 Å². The Morgan fingerprint density at radius 1 is 0.621 bits per heavy atom. The molecule has 3 N–H and O–H groups in total. The molecule has 0 heterocycles. The highest BCUT2D eigenvalue weighted by Gasteiger charge is 2.66. The number of hydrogen-bond donors (Lipinski definition) is 2. The summed E-state index contributed by atoms with van der Waals surface area (Å²) in [5.41, 5.74) is 9.75. The van der Waals surface area contributed by atoms with Crippen LogP contribution in [0.3, 0.4) is 0 Å². The van der Waals surface area contributed by atoms with Crippen LogP contribution in [0.15, 0.2) is 65.9 Å². The average molecular weight is 808 g/mol. The van der Waals surface area contributed by atoms with Gasteiger partial charge in [-0.2, -0.15) is 0 Å². The van der Waals surface area contributed by atoms with E-state index in [4.69, 9.17) is 5.73 Å². The topological polar surface area (TPSA) is 92.8 Å². The fraction of sp³-hybridized carbons (Fsp3) is 0.750. The van der Waals surface area contributed by atoms with E-state index in [1.165, 1.54) is 121 Å². The van der Waals surface area contributed by atoms with Crippen LogP contribution in [0.25, 0.3) is 0 Å². The van der Waals surface area contributed by atoms with Gasteiger partial charge in [-0.1, -0.05) is 66.8 Å². The van der Waals surface area contributed by atoms with E-state index in [1.54, 1.807) is 0 Å². The molecule has 0 aromatic heterocycles. The lowest BCUT2D eigenvalue weighted by molar-refractivity contribution is -0.134. The number of rotatable bonds is 0. The zero-order valence-corrected chi connectivity index (χ0v) is 35.8. The highest BCUT2D eigenvalue weighted by Crippen LogP contribution is 2.70. The van der Waals surface area contributed by atoms with E-state index in [9.17, 15) is 14.8 Å². The van der Waals surface area contributed by atoms with Gasteiger partial charge in [-0.25, -0.2) is 0 Å². The van der Waals surface area contributed by atoms with Crippen molar-refractivity contribution in [3.8, 4) is 0 Å². The summed E-state index contributed by atoms with van der Waals surface area (Å²) in [4.78, 5) is 23.4. The first kappa shape index (κ1) is 39.9. The van der Waals surface area contributed by atoms with Crippen molar-refractivity contribution in [2.45, 2.75) is 141 Å². The molecular formula is C52H71ClN2O3. The second-order valence-electron chi connectivity index (χ2n) is 22.4. The molecule has 18 atom stereocenters. The molecule has 3 spiro atoms. The van der Waals surface area contributed by atoms with Gasteiger partial charge in [0.15, 0.2) is 5.78 Å². The van der Waals surface area contributed by atoms with Gasteiger partial charge in [0.25, 0.3) is 0 Å². The number of fused-ring (bicyclic) bond motifs is 20. The Labute approximate surface area is 354 Å². The number of hydrogen-bond acceptors (Lipinski definition) is 5. The quantitative estimate of drug-likeness (QED) is 0.110. The number of ketones is 2. The van der Waals surface area contributed by atoms with Crippen LogP contribution < -0.4 is 5.73 Å². The summed E-state index contributed by atoms with van der Waals surface area (Å²) in [5, 5.41) is 13.0. The van der Waals surface area contributed by atoms with E-state index in [2.05, 4.69) is 60.3 Å². The Kier molecular flexibility index (Phi) is 10.3. The second kappa shape index (κ2) is 15.0. The van der Waals surface area contributed by atoms with Crippen LogP contribution in [0.2, 0.25) is 0 Å². The molecule has 0 aromatic carbocycles. The van der Waals surface area contributed by atoms with Gasteiger partial charge < -0.3 is 10.9 Å². The summed E-state index contributed by atoms with van der Waals surface area (Å²) >= 11 is 0. The van der Waals surface area contributed by atoms with E-state index < -0.39 is 0 Å². The monoisotopic (exact) mass is 807 g/mol. The van der Waals surface area contributed by atoms with Gasteiger partial charge in [0, 0.05) is 34.6 Å². The van der Waals surface area contributed by atoms with Gasteiger partial charge in [-0.05, 0) is 205 Å².